The molecule has 0 N–H and O–H groups in total. The standard InChI is InChI=1S/C10H8S/c1-8-7-11-10-6-4-2-3-5-9(8)10/h2-3,5-7H,1H3. The zero-order valence-electron chi connectivity index (χ0n) is 6.29. The lowest BCUT2D eigenvalue weighted by molar-refractivity contribution is 1.52. The average Bonchev–Trinajstić information content (AvgIpc) is 2.25. The van der Waals surface area contributed by atoms with Crippen LogP contribution in [-0.4, -0.2) is 0 Å². The molecular weight excluding hydrogens is 152 g/mol. The molecule has 0 unspecified atom stereocenters. The zero-order valence-corrected chi connectivity index (χ0v) is 7.11. The second kappa shape index (κ2) is 2.54. The van der Waals surface area contributed by atoms with Gasteiger partial charge in [0.05, 0.1) is 0 Å². The van der Waals surface area contributed by atoms with Gasteiger partial charge in [-0.25, -0.2) is 0 Å². The average molecular weight is 160 g/mol. The van der Waals surface area contributed by atoms with Crippen LogP contribution in [0.2, 0.25) is 0 Å². The van der Waals surface area contributed by atoms with Crippen LogP contribution >= 0.6 is 11.3 Å². The summed E-state index contributed by atoms with van der Waals surface area (Å²) in [6.07, 6.45) is 8.14. The molecular formula is C10H8S. The van der Waals surface area contributed by atoms with E-state index in [1.54, 1.807) is 11.3 Å². The van der Waals surface area contributed by atoms with E-state index in [9.17, 15) is 0 Å². The van der Waals surface area contributed by atoms with Crippen molar-refractivity contribution < 1.29 is 0 Å². The lowest BCUT2D eigenvalue weighted by Crippen LogP contribution is -1.72. The molecule has 0 saturated heterocycles. The van der Waals surface area contributed by atoms with Crippen LogP contribution in [0.15, 0.2) is 23.3 Å². The minimum absolute atomic E-state index is 1.31. The molecule has 0 amide bonds. The molecule has 0 spiro atoms. The fourth-order valence-electron chi connectivity index (χ4n) is 1.12. The van der Waals surface area contributed by atoms with Crippen molar-refractivity contribution in [1.82, 2.24) is 0 Å². The lowest BCUT2D eigenvalue weighted by Gasteiger charge is -1.90. The van der Waals surface area contributed by atoms with Crippen LogP contribution in [0.1, 0.15) is 16.0 Å². The molecule has 0 fully saturated rings. The first-order chi connectivity index (χ1) is 5.38. The molecule has 2 rings (SSSR count). The van der Waals surface area contributed by atoms with Crippen LogP contribution < -0.4 is 0 Å². The third-order valence-electron chi connectivity index (χ3n) is 1.72. The van der Waals surface area contributed by atoms with Crippen LogP contribution in [0, 0.1) is 6.92 Å². The molecule has 0 radical (unpaired) electrons. The van der Waals surface area contributed by atoms with E-state index in [1.165, 1.54) is 16.0 Å². The van der Waals surface area contributed by atoms with Gasteiger partial charge in [0.1, 0.15) is 0 Å². The van der Waals surface area contributed by atoms with Crippen molar-refractivity contribution in [3.05, 3.63) is 39.3 Å². The number of thiophene rings is 1. The van der Waals surface area contributed by atoms with Crippen LogP contribution in [-0.2, 0) is 0 Å². The first kappa shape index (κ1) is 6.66. The van der Waals surface area contributed by atoms with E-state index in [0.717, 1.165) is 0 Å². The van der Waals surface area contributed by atoms with Gasteiger partial charge < -0.3 is 0 Å². The summed E-state index contributed by atoms with van der Waals surface area (Å²) < 4.78 is 0. The summed E-state index contributed by atoms with van der Waals surface area (Å²) >= 11 is 1.78. The van der Waals surface area contributed by atoms with Crippen molar-refractivity contribution >= 4 is 23.5 Å². The molecule has 1 aliphatic carbocycles. The minimum atomic E-state index is 1.31. The molecule has 0 atom stereocenters. The minimum Gasteiger partial charge on any atom is -0.143 e. The third-order valence-corrected chi connectivity index (χ3v) is 2.79. The maximum atomic E-state index is 3.09. The van der Waals surface area contributed by atoms with Gasteiger partial charge in [-0.2, -0.15) is 0 Å². The normalized spacial score (nSPS) is 13.2. The highest BCUT2D eigenvalue weighted by Gasteiger charge is 2.02. The van der Waals surface area contributed by atoms with Crippen LogP contribution in [0.3, 0.4) is 0 Å². The van der Waals surface area contributed by atoms with E-state index >= 15 is 0 Å². The van der Waals surface area contributed by atoms with Gasteiger partial charge in [-0.3, -0.25) is 0 Å². The highest BCUT2D eigenvalue weighted by atomic mass is 32.1. The van der Waals surface area contributed by atoms with Crippen molar-refractivity contribution in [3.63, 3.8) is 0 Å². The van der Waals surface area contributed by atoms with E-state index in [1.807, 2.05) is 18.2 Å². The molecule has 0 aliphatic heterocycles. The molecule has 0 saturated carbocycles. The number of aryl methyl sites for hydroxylation is 1. The molecule has 54 valence electrons. The predicted octanol–water partition coefficient (Wildman–Crippen LogP) is 3.25. The monoisotopic (exact) mass is 160 g/mol. The second-order valence-corrected chi connectivity index (χ2v) is 3.44. The highest BCUT2D eigenvalue weighted by Crippen LogP contribution is 2.25. The quantitative estimate of drug-likeness (QED) is 0.511. The largest absolute Gasteiger partial charge is 0.143 e. The highest BCUT2D eigenvalue weighted by molar-refractivity contribution is 7.11. The summed E-state index contributed by atoms with van der Waals surface area (Å²) in [6.45, 7) is 2.14. The van der Waals surface area contributed by atoms with Crippen LogP contribution in [0.25, 0.3) is 12.2 Å². The van der Waals surface area contributed by atoms with Gasteiger partial charge >= 0.3 is 0 Å². The fourth-order valence-corrected chi connectivity index (χ4v) is 2.05. The Balaban J connectivity index is 2.69. The van der Waals surface area contributed by atoms with E-state index < -0.39 is 0 Å². The second-order valence-electron chi connectivity index (χ2n) is 2.53. The number of fused-ring (bicyclic) bond motifs is 1. The Morgan fingerprint density at radius 1 is 1.45 bits per heavy atom. The summed E-state index contributed by atoms with van der Waals surface area (Å²) in [5.74, 6) is 0. The lowest BCUT2D eigenvalue weighted by atomic mass is 10.1. The predicted molar refractivity (Wildman–Crippen MR) is 50.6 cm³/mol. The van der Waals surface area contributed by atoms with Gasteiger partial charge in [0.2, 0.25) is 0 Å². The first-order valence-corrected chi connectivity index (χ1v) is 4.43. The first-order valence-electron chi connectivity index (χ1n) is 3.55. The smallest absolute Gasteiger partial charge is 0.0422 e. The summed E-state index contributed by atoms with van der Waals surface area (Å²) in [5.41, 5.74) is 5.79. The Morgan fingerprint density at radius 3 is 3.27 bits per heavy atom. The zero-order chi connectivity index (χ0) is 7.68. The maximum absolute atomic E-state index is 3.09. The number of hydrogen-bond acceptors (Lipinski definition) is 1. The van der Waals surface area contributed by atoms with E-state index in [-0.39, 0.29) is 0 Å². The van der Waals surface area contributed by atoms with Crippen molar-refractivity contribution in [3.8, 4) is 0 Å². The SMILES string of the molecule is Cc1csc2c1C=CC=C=C2. The Labute approximate surface area is 70.2 Å². The van der Waals surface area contributed by atoms with Gasteiger partial charge in [0.25, 0.3) is 0 Å². The van der Waals surface area contributed by atoms with Gasteiger partial charge in [0.15, 0.2) is 0 Å². The summed E-state index contributed by atoms with van der Waals surface area (Å²) in [5, 5.41) is 2.18. The molecule has 1 heterocycles. The van der Waals surface area contributed by atoms with Crippen LogP contribution in [0.4, 0.5) is 0 Å². The third kappa shape index (κ3) is 1.09. The molecule has 1 aromatic rings. The van der Waals surface area contributed by atoms with E-state index in [0.29, 0.717) is 0 Å². The van der Waals surface area contributed by atoms with Crippen molar-refractivity contribution in [2.24, 2.45) is 0 Å². The summed E-state index contributed by atoms with van der Waals surface area (Å²) in [4.78, 5) is 1.31. The molecule has 1 aliphatic rings. The molecule has 11 heavy (non-hydrogen) atoms. The Morgan fingerprint density at radius 2 is 2.36 bits per heavy atom. The maximum Gasteiger partial charge on any atom is 0.0422 e. The van der Waals surface area contributed by atoms with E-state index in [4.69, 9.17) is 0 Å². The topological polar surface area (TPSA) is 0 Å². The summed E-state index contributed by atoms with van der Waals surface area (Å²) in [7, 11) is 0. The van der Waals surface area contributed by atoms with Gasteiger partial charge in [-0.15, -0.1) is 17.1 Å². The number of allylic oxidation sites excluding steroid dienone is 2. The van der Waals surface area contributed by atoms with Crippen LogP contribution in [0.5, 0.6) is 0 Å². The van der Waals surface area contributed by atoms with Gasteiger partial charge in [0, 0.05) is 4.88 Å². The van der Waals surface area contributed by atoms with Gasteiger partial charge in [-0.1, -0.05) is 12.2 Å². The van der Waals surface area contributed by atoms with E-state index in [2.05, 4.69) is 24.1 Å². The Hall–Kier alpha value is -1.04. The molecule has 0 bridgehead atoms. The van der Waals surface area contributed by atoms with Crippen molar-refractivity contribution in [1.29, 1.82) is 0 Å². The molecule has 1 aromatic heterocycles. The Bertz CT molecular complexity index is 360. The van der Waals surface area contributed by atoms with Gasteiger partial charge in [-0.05, 0) is 35.6 Å². The fraction of sp³-hybridized carbons (Fsp3) is 0.100. The molecule has 0 aromatic carbocycles. The summed E-state index contributed by atoms with van der Waals surface area (Å²) in [6, 6.07) is 0. The number of hydrogen-bond donors (Lipinski definition) is 0. The Kier molecular flexibility index (Phi) is 1.54. The van der Waals surface area contributed by atoms with Crippen molar-refractivity contribution in [2.45, 2.75) is 6.92 Å². The molecule has 1 heteroatoms. The van der Waals surface area contributed by atoms with Crippen molar-refractivity contribution in [2.75, 3.05) is 0 Å². The number of rotatable bonds is 0. The molecule has 0 nitrogen and oxygen atoms in total.